The van der Waals surface area contributed by atoms with Crippen LogP contribution in [0.15, 0.2) is 48.5 Å². The van der Waals surface area contributed by atoms with Crippen molar-refractivity contribution in [3.05, 3.63) is 65.2 Å². The number of hydrogen-bond acceptors (Lipinski definition) is 5. The number of aliphatic carboxylic acids is 1. The van der Waals surface area contributed by atoms with Crippen LogP contribution in [0.3, 0.4) is 0 Å². The number of amides is 1. The maximum absolute atomic E-state index is 12.3. The number of nitriles is 1. The molecule has 1 amide bonds. The molecule has 0 saturated carbocycles. The van der Waals surface area contributed by atoms with E-state index >= 15 is 0 Å². The van der Waals surface area contributed by atoms with E-state index in [0.29, 0.717) is 11.1 Å². The summed E-state index contributed by atoms with van der Waals surface area (Å²) in [5.74, 6) is -2.14. The smallest absolute Gasteiger partial charge is 0.326 e. The van der Waals surface area contributed by atoms with Crippen molar-refractivity contribution in [3.8, 4) is 11.8 Å². The number of benzene rings is 2. The Kier molecular flexibility index (Phi) is 6.06. The van der Waals surface area contributed by atoms with E-state index in [0.717, 1.165) is 0 Å². The molecule has 0 bridgehead atoms. The molecule has 1 atom stereocenters. The Morgan fingerprint density at radius 1 is 1.19 bits per heavy atom. The Hall–Kier alpha value is -3.66. The molecule has 0 aliphatic carbocycles. The van der Waals surface area contributed by atoms with Crippen LogP contribution in [-0.2, 0) is 16.0 Å². The minimum absolute atomic E-state index is 0.0280. The molecule has 0 saturated heterocycles. The van der Waals surface area contributed by atoms with E-state index in [2.05, 4.69) is 5.32 Å². The number of carbonyl (C=O) groups excluding carboxylic acids is 2. The molecular formula is C19H16N2O5. The van der Waals surface area contributed by atoms with Gasteiger partial charge in [0.05, 0.1) is 11.6 Å². The summed E-state index contributed by atoms with van der Waals surface area (Å²) in [5.41, 5.74) is 1.19. The van der Waals surface area contributed by atoms with Crippen molar-refractivity contribution < 1.29 is 24.2 Å². The highest BCUT2D eigenvalue weighted by Gasteiger charge is 2.21. The summed E-state index contributed by atoms with van der Waals surface area (Å²) in [6, 6.07) is 13.2. The summed E-state index contributed by atoms with van der Waals surface area (Å²) in [6.07, 6.45) is 0.0280. The van der Waals surface area contributed by atoms with E-state index in [4.69, 9.17) is 10.00 Å². The molecule has 7 heteroatoms. The van der Waals surface area contributed by atoms with Gasteiger partial charge < -0.3 is 15.2 Å². The highest BCUT2D eigenvalue weighted by atomic mass is 16.5. The first-order chi connectivity index (χ1) is 12.4. The molecule has 0 fully saturated rings. The van der Waals surface area contributed by atoms with Gasteiger partial charge in [-0.2, -0.15) is 5.26 Å². The summed E-state index contributed by atoms with van der Waals surface area (Å²) in [5, 5.41) is 20.7. The number of nitrogens with zero attached hydrogens (tertiary/aromatic N) is 1. The van der Waals surface area contributed by atoms with Gasteiger partial charge in [0.1, 0.15) is 11.8 Å². The van der Waals surface area contributed by atoms with Crippen LogP contribution in [-0.4, -0.2) is 29.0 Å². The summed E-state index contributed by atoms with van der Waals surface area (Å²) >= 11 is 0. The quantitative estimate of drug-likeness (QED) is 0.606. The average molecular weight is 352 g/mol. The zero-order valence-electron chi connectivity index (χ0n) is 13.9. The van der Waals surface area contributed by atoms with Gasteiger partial charge in [0.25, 0.3) is 5.91 Å². The van der Waals surface area contributed by atoms with Crippen molar-refractivity contribution in [1.82, 2.24) is 5.32 Å². The van der Waals surface area contributed by atoms with E-state index < -0.39 is 23.9 Å². The molecule has 2 N–H and O–H groups in total. The highest BCUT2D eigenvalue weighted by molar-refractivity contribution is 5.97. The molecule has 0 spiro atoms. The fourth-order valence-electron chi connectivity index (χ4n) is 2.31. The Balaban J connectivity index is 2.14. The number of esters is 1. The van der Waals surface area contributed by atoms with Crippen LogP contribution in [0.5, 0.6) is 5.75 Å². The molecule has 0 aliphatic rings. The first-order valence-electron chi connectivity index (χ1n) is 7.70. The molecule has 132 valence electrons. The normalized spacial score (nSPS) is 11.1. The lowest BCUT2D eigenvalue weighted by molar-refractivity contribution is -0.139. The van der Waals surface area contributed by atoms with E-state index in [1.54, 1.807) is 24.3 Å². The van der Waals surface area contributed by atoms with Crippen LogP contribution in [0.25, 0.3) is 0 Å². The second kappa shape index (κ2) is 8.44. The van der Waals surface area contributed by atoms with Crippen LogP contribution >= 0.6 is 0 Å². The SMILES string of the molecule is CC(=O)Oc1cccc(C(=O)N[C@H](Cc2cccc(C#N)c2)C(=O)O)c1. The molecule has 2 aromatic rings. The van der Waals surface area contributed by atoms with Crippen LogP contribution in [0.4, 0.5) is 0 Å². The molecule has 0 unspecified atom stereocenters. The molecule has 26 heavy (non-hydrogen) atoms. The van der Waals surface area contributed by atoms with Gasteiger partial charge in [0, 0.05) is 18.9 Å². The fraction of sp³-hybridized carbons (Fsp3) is 0.158. The first kappa shape index (κ1) is 18.7. The Morgan fingerprint density at radius 2 is 1.92 bits per heavy atom. The van der Waals surface area contributed by atoms with E-state index in [1.165, 1.54) is 31.2 Å². The fourth-order valence-corrected chi connectivity index (χ4v) is 2.31. The summed E-state index contributed by atoms with van der Waals surface area (Å²) < 4.78 is 4.91. The number of hydrogen-bond donors (Lipinski definition) is 2. The number of ether oxygens (including phenoxy) is 1. The summed E-state index contributed by atoms with van der Waals surface area (Å²) in [7, 11) is 0. The molecule has 0 heterocycles. The van der Waals surface area contributed by atoms with Gasteiger partial charge in [-0.1, -0.05) is 18.2 Å². The minimum Gasteiger partial charge on any atom is -0.480 e. The third-order valence-electron chi connectivity index (χ3n) is 3.46. The van der Waals surface area contributed by atoms with Crippen molar-refractivity contribution >= 4 is 17.8 Å². The van der Waals surface area contributed by atoms with Gasteiger partial charge in [-0.15, -0.1) is 0 Å². The van der Waals surface area contributed by atoms with Gasteiger partial charge in [0.2, 0.25) is 0 Å². The Morgan fingerprint density at radius 3 is 2.58 bits per heavy atom. The van der Waals surface area contributed by atoms with E-state index in [-0.39, 0.29) is 17.7 Å². The van der Waals surface area contributed by atoms with Crippen molar-refractivity contribution in [2.45, 2.75) is 19.4 Å². The van der Waals surface area contributed by atoms with Crippen molar-refractivity contribution in [3.63, 3.8) is 0 Å². The second-order valence-corrected chi connectivity index (χ2v) is 5.50. The molecule has 0 radical (unpaired) electrons. The Bertz CT molecular complexity index is 885. The minimum atomic E-state index is -1.20. The van der Waals surface area contributed by atoms with Gasteiger partial charge in [-0.3, -0.25) is 9.59 Å². The second-order valence-electron chi connectivity index (χ2n) is 5.50. The van der Waals surface area contributed by atoms with Crippen LogP contribution < -0.4 is 10.1 Å². The molecule has 2 rings (SSSR count). The van der Waals surface area contributed by atoms with Crippen LogP contribution in [0, 0.1) is 11.3 Å². The van der Waals surface area contributed by atoms with E-state index in [1.807, 2.05) is 6.07 Å². The number of nitrogens with one attached hydrogen (secondary N) is 1. The molecular weight excluding hydrogens is 336 g/mol. The summed E-state index contributed by atoms with van der Waals surface area (Å²) in [6.45, 7) is 1.24. The molecule has 0 aliphatic heterocycles. The van der Waals surface area contributed by atoms with Crippen molar-refractivity contribution in [2.24, 2.45) is 0 Å². The molecule has 7 nitrogen and oxygen atoms in total. The third kappa shape index (κ3) is 5.18. The lowest BCUT2D eigenvalue weighted by Gasteiger charge is -2.15. The number of carboxylic acid groups (broad SMARTS) is 1. The lowest BCUT2D eigenvalue weighted by Crippen LogP contribution is -2.42. The number of carboxylic acids is 1. The van der Waals surface area contributed by atoms with Gasteiger partial charge in [-0.05, 0) is 35.9 Å². The predicted octanol–water partition coefficient (Wildman–Crippen LogP) is 1.91. The van der Waals surface area contributed by atoms with Gasteiger partial charge >= 0.3 is 11.9 Å². The standard InChI is InChI=1S/C19H16N2O5/c1-12(22)26-16-7-3-6-15(10-16)18(23)21-17(19(24)25)9-13-4-2-5-14(8-13)11-20/h2-8,10,17H,9H2,1H3,(H,21,23)(H,24,25)/t17-/m1/s1. The Labute approximate surface area is 149 Å². The van der Waals surface area contributed by atoms with Gasteiger partial charge in [0.15, 0.2) is 0 Å². The number of carbonyl (C=O) groups is 3. The maximum Gasteiger partial charge on any atom is 0.326 e. The largest absolute Gasteiger partial charge is 0.480 e. The summed E-state index contributed by atoms with van der Waals surface area (Å²) in [4.78, 5) is 34.8. The first-order valence-corrected chi connectivity index (χ1v) is 7.70. The zero-order chi connectivity index (χ0) is 19.1. The zero-order valence-corrected chi connectivity index (χ0v) is 13.9. The van der Waals surface area contributed by atoms with E-state index in [9.17, 15) is 19.5 Å². The number of rotatable bonds is 6. The average Bonchev–Trinajstić information content (AvgIpc) is 2.60. The monoisotopic (exact) mass is 352 g/mol. The van der Waals surface area contributed by atoms with Crippen molar-refractivity contribution in [2.75, 3.05) is 0 Å². The predicted molar refractivity (Wildman–Crippen MR) is 91.5 cm³/mol. The maximum atomic E-state index is 12.3. The van der Waals surface area contributed by atoms with Crippen LogP contribution in [0.2, 0.25) is 0 Å². The van der Waals surface area contributed by atoms with Crippen LogP contribution in [0.1, 0.15) is 28.4 Å². The molecule has 2 aromatic carbocycles. The molecule has 0 aromatic heterocycles. The van der Waals surface area contributed by atoms with Gasteiger partial charge in [-0.25, -0.2) is 4.79 Å². The van der Waals surface area contributed by atoms with Crippen molar-refractivity contribution in [1.29, 1.82) is 5.26 Å². The topological polar surface area (TPSA) is 116 Å². The highest BCUT2D eigenvalue weighted by Crippen LogP contribution is 2.14. The third-order valence-corrected chi connectivity index (χ3v) is 3.46. The lowest BCUT2D eigenvalue weighted by atomic mass is 10.0.